The molecule has 6 nitrogen and oxygen atoms in total. The molecule has 2 aliphatic rings. The van der Waals surface area contributed by atoms with Crippen molar-refractivity contribution < 1.29 is 9.72 Å². The highest BCUT2D eigenvalue weighted by atomic mass is 32.2. The largest absolute Gasteiger partial charge is 0.349 e. The number of thiophene rings is 1. The first-order valence-electron chi connectivity index (χ1n) is 12.6. The molecule has 186 valence electrons. The van der Waals surface area contributed by atoms with Gasteiger partial charge in [-0.15, -0.1) is 11.3 Å². The average molecular weight is 520 g/mol. The lowest BCUT2D eigenvalue weighted by Crippen LogP contribution is -2.36. The summed E-state index contributed by atoms with van der Waals surface area (Å²) in [4.78, 5) is 32.3. The van der Waals surface area contributed by atoms with Crippen LogP contribution in [-0.4, -0.2) is 23.1 Å². The van der Waals surface area contributed by atoms with Crippen molar-refractivity contribution in [3.63, 3.8) is 0 Å². The molecule has 0 radical (unpaired) electrons. The standard InChI is InChI=1S/C28H29N3O3S2/c32-27(30-20-9-3-1-4-10-20)26-22-13-7-8-14-24(22)36-28(26)29-18-19-15-16-25(23(17-19)31(33)34)35-21-11-5-2-6-12-21/h2,5-6,11-12,15-18,20H,1,3-4,7-10,13-14H2,(H,30,32). The van der Waals surface area contributed by atoms with Crippen LogP contribution in [0.15, 0.2) is 63.3 Å². The van der Waals surface area contributed by atoms with Gasteiger partial charge >= 0.3 is 0 Å². The van der Waals surface area contributed by atoms with Gasteiger partial charge in [0, 0.05) is 28.1 Å². The van der Waals surface area contributed by atoms with Crippen LogP contribution in [0, 0.1) is 10.1 Å². The molecule has 1 fully saturated rings. The summed E-state index contributed by atoms with van der Waals surface area (Å²) >= 11 is 2.96. The van der Waals surface area contributed by atoms with Crippen molar-refractivity contribution in [3.8, 4) is 0 Å². The summed E-state index contributed by atoms with van der Waals surface area (Å²) in [6, 6.07) is 15.0. The molecule has 0 atom stereocenters. The van der Waals surface area contributed by atoms with Crippen molar-refractivity contribution in [1.29, 1.82) is 0 Å². The van der Waals surface area contributed by atoms with Gasteiger partial charge in [-0.3, -0.25) is 14.9 Å². The van der Waals surface area contributed by atoms with Crippen LogP contribution in [-0.2, 0) is 12.8 Å². The van der Waals surface area contributed by atoms with Crippen molar-refractivity contribution in [2.75, 3.05) is 0 Å². The molecule has 0 saturated heterocycles. The SMILES string of the molecule is O=C(NC1CCCCC1)c1c(N=Cc2ccc(Sc3ccccc3)c([N+](=O)[O-])c2)sc2c1CCCC2. The topological polar surface area (TPSA) is 84.6 Å². The minimum Gasteiger partial charge on any atom is -0.349 e. The first kappa shape index (κ1) is 24.7. The van der Waals surface area contributed by atoms with E-state index in [0.717, 1.165) is 61.8 Å². The highest BCUT2D eigenvalue weighted by Crippen LogP contribution is 2.40. The molecule has 0 spiro atoms. The Morgan fingerprint density at radius 2 is 1.83 bits per heavy atom. The van der Waals surface area contributed by atoms with Crippen LogP contribution in [0.25, 0.3) is 0 Å². The van der Waals surface area contributed by atoms with Crippen LogP contribution >= 0.6 is 23.1 Å². The number of benzene rings is 2. The van der Waals surface area contributed by atoms with E-state index in [9.17, 15) is 14.9 Å². The van der Waals surface area contributed by atoms with E-state index in [4.69, 9.17) is 4.99 Å². The molecule has 1 amide bonds. The Morgan fingerprint density at radius 3 is 2.61 bits per heavy atom. The number of aliphatic imine (C=N–C) groups is 1. The minimum absolute atomic E-state index is 0.0194. The minimum atomic E-state index is -0.352. The molecule has 2 aromatic carbocycles. The first-order chi connectivity index (χ1) is 17.6. The first-order valence-corrected chi connectivity index (χ1v) is 14.2. The number of amides is 1. The maximum atomic E-state index is 13.4. The lowest BCUT2D eigenvalue weighted by atomic mass is 9.93. The maximum Gasteiger partial charge on any atom is 0.283 e. The lowest BCUT2D eigenvalue weighted by molar-refractivity contribution is -0.387. The highest BCUT2D eigenvalue weighted by Gasteiger charge is 2.27. The van der Waals surface area contributed by atoms with Crippen molar-refractivity contribution in [3.05, 3.63) is 80.2 Å². The number of aryl methyl sites for hydroxylation is 1. The molecule has 36 heavy (non-hydrogen) atoms. The predicted molar refractivity (Wildman–Crippen MR) is 146 cm³/mol. The summed E-state index contributed by atoms with van der Waals surface area (Å²) in [5.41, 5.74) is 2.55. The van der Waals surface area contributed by atoms with Crippen LogP contribution < -0.4 is 5.32 Å². The van der Waals surface area contributed by atoms with Crippen LogP contribution in [0.5, 0.6) is 0 Å². The summed E-state index contributed by atoms with van der Waals surface area (Å²) in [5, 5.41) is 15.8. The number of hydrogen-bond donors (Lipinski definition) is 1. The van der Waals surface area contributed by atoms with Gasteiger partial charge in [-0.1, -0.05) is 55.3 Å². The van der Waals surface area contributed by atoms with Crippen molar-refractivity contribution in [2.24, 2.45) is 4.99 Å². The van der Waals surface area contributed by atoms with E-state index in [2.05, 4.69) is 5.32 Å². The number of nitro benzene ring substituents is 1. The van der Waals surface area contributed by atoms with Gasteiger partial charge in [0.2, 0.25) is 0 Å². The summed E-state index contributed by atoms with van der Waals surface area (Å²) in [7, 11) is 0. The van der Waals surface area contributed by atoms with Gasteiger partial charge in [-0.05, 0) is 67.9 Å². The Morgan fingerprint density at radius 1 is 1.06 bits per heavy atom. The normalized spacial score (nSPS) is 16.1. The second kappa shape index (κ2) is 11.4. The van der Waals surface area contributed by atoms with E-state index in [-0.39, 0.29) is 22.6 Å². The molecule has 0 unspecified atom stereocenters. The van der Waals surface area contributed by atoms with Gasteiger partial charge < -0.3 is 5.32 Å². The van der Waals surface area contributed by atoms with Gasteiger partial charge in [0.1, 0.15) is 5.00 Å². The number of hydrogen-bond acceptors (Lipinski definition) is 6. The number of nitrogens with one attached hydrogen (secondary N) is 1. The Bertz CT molecular complexity index is 1280. The highest BCUT2D eigenvalue weighted by molar-refractivity contribution is 7.99. The second-order valence-electron chi connectivity index (χ2n) is 9.36. The van der Waals surface area contributed by atoms with Crippen molar-refractivity contribution >= 4 is 45.9 Å². The van der Waals surface area contributed by atoms with Gasteiger partial charge in [0.05, 0.1) is 15.4 Å². The molecular formula is C28H29N3O3S2. The fourth-order valence-corrected chi connectivity index (χ4v) is 7.13. The molecule has 1 heterocycles. The van der Waals surface area contributed by atoms with E-state index in [1.54, 1.807) is 29.7 Å². The summed E-state index contributed by atoms with van der Waals surface area (Å²) in [6.45, 7) is 0. The predicted octanol–water partition coefficient (Wildman–Crippen LogP) is 7.50. The summed E-state index contributed by atoms with van der Waals surface area (Å²) in [6.07, 6.45) is 11.4. The van der Waals surface area contributed by atoms with Crippen molar-refractivity contribution in [2.45, 2.75) is 73.6 Å². The zero-order valence-corrected chi connectivity index (χ0v) is 21.7. The molecule has 0 bridgehead atoms. The third-order valence-electron chi connectivity index (χ3n) is 6.80. The van der Waals surface area contributed by atoms with Gasteiger partial charge in [-0.25, -0.2) is 4.99 Å². The van der Waals surface area contributed by atoms with Gasteiger partial charge in [0.25, 0.3) is 11.6 Å². The van der Waals surface area contributed by atoms with E-state index in [1.807, 2.05) is 36.4 Å². The van der Waals surface area contributed by atoms with Gasteiger partial charge in [0.15, 0.2) is 0 Å². The van der Waals surface area contributed by atoms with Crippen LogP contribution in [0.3, 0.4) is 0 Å². The third kappa shape index (κ3) is 5.71. The van der Waals surface area contributed by atoms with E-state index >= 15 is 0 Å². The Kier molecular flexibility index (Phi) is 7.82. The number of rotatable bonds is 7. The number of carbonyl (C=O) groups is 1. The Labute approximate surface area is 219 Å². The molecule has 8 heteroatoms. The fourth-order valence-electron chi connectivity index (χ4n) is 4.97. The van der Waals surface area contributed by atoms with Crippen LogP contribution in [0.2, 0.25) is 0 Å². The Balaban J connectivity index is 1.42. The number of carbonyl (C=O) groups excluding carboxylic acids is 1. The van der Waals surface area contributed by atoms with E-state index in [1.165, 1.54) is 23.1 Å². The summed E-state index contributed by atoms with van der Waals surface area (Å²) < 4.78 is 0. The molecule has 0 aliphatic heterocycles. The smallest absolute Gasteiger partial charge is 0.283 e. The zero-order chi connectivity index (χ0) is 24.9. The number of nitro groups is 1. The fraction of sp³-hybridized carbons (Fsp3) is 0.357. The third-order valence-corrected chi connectivity index (χ3v) is 9.07. The van der Waals surface area contributed by atoms with E-state index < -0.39 is 0 Å². The number of fused-ring (bicyclic) bond motifs is 1. The Hall–Kier alpha value is -2.97. The summed E-state index contributed by atoms with van der Waals surface area (Å²) in [5.74, 6) is -0.0194. The van der Waals surface area contributed by atoms with Crippen molar-refractivity contribution in [1.82, 2.24) is 5.32 Å². The molecule has 2 aliphatic carbocycles. The molecule has 3 aromatic rings. The molecular weight excluding hydrogens is 490 g/mol. The lowest BCUT2D eigenvalue weighted by Gasteiger charge is -2.23. The molecule has 5 rings (SSSR count). The van der Waals surface area contributed by atoms with Crippen LogP contribution in [0.1, 0.15) is 71.3 Å². The molecule has 1 N–H and O–H groups in total. The number of nitrogens with zero attached hydrogens (tertiary/aromatic N) is 2. The average Bonchev–Trinajstić information content (AvgIpc) is 3.28. The maximum absolute atomic E-state index is 13.4. The second-order valence-corrected chi connectivity index (χ2v) is 11.6. The van der Waals surface area contributed by atoms with Gasteiger partial charge in [-0.2, -0.15) is 0 Å². The van der Waals surface area contributed by atoms with E-state index in [0.29, 0.717) is 21.0 Å². The molecule has 1 aromatic heterocycles. The quantitative estimate of drug-likeness (QED) is 0.199. The zero-order valence-electron chi connectivity index (χ0n) is 20.1. The van der Waals surface area contributed by atoms with Crippen LogP contribution in [0.4, 0.5) is 10.7 Å². The molecule has 1 saturated carbocycles. The monoisotopic (exact) mass is 519 g/mol.